The van der Waals surface area contributed by atoms with Gasteiger partial charge in [0, 0.05) is 38.5 Å². The molecule has 6 nitrogen and oxygen atoms in total. The Balaban J connectivity index is 1.46. The fourth-order valence-corrected chi connectivity index (χ4v) is 2.64. The Labute approximate surface area is 112 Å². The Morgan fingerprint density at radius 1 is 1.42 bits per heavy atom. The van der Waals surface area contributed by atoms with Crippen LogP contribution < -0.4 is 0 Å². The number of aromatic nitrogens is 2. The molecular weight excluding hydrogens is 246 g/mol. The van der Waals surface area contributed by atoms with Crippen molar-refractivity contribution in [3.05, 3.63) is 11.7 Å². The number of carbonyl (C=O) groups excluding carboxylic acids is 1. The molecule has 0 radical (unpaired) electrons. The van der Waals surface area contributed by atoms with Gasteiger partial charge in [0.05, 0.1) is 6.61 Å². The molecule has 2 fully saturated rings. The zero-order valence-electron chi connectivity index (χ0n) is 11.0. The average molecular weight is 265 g/mol. The zero-order valence-corrected chi connectivity index (χ0v) is 11.0. The fraction of sp³-hybridized carbons (Fsp3) is 0.769. The maximum atomic E-state index is 11.5. The lowest BCUT2D eigenvalue weighted by atomic mass is 10.1. The predicted octanol–water partition coefficient (Wildman–Crippen LogP) is 1.13. The standard InChI is InChI=1S/C13H19N3O3/c17-12-4-2-7-16(12)6-1-3-11-14-13(15-19-11)10-5-8-18-9-10/h10H,1-9H2/t10-/m1/s1. The molecule has 1 aromatic heterocycles. The van der Waals surface area contributed by atoms with Crippen LogP contribution in [0, 0.1) is 0 Å². The first-order chi connectivity index (χ1) is 9.33. The van der Waals surface area contributed by atoms with Crippen LogP contribution in [-0.4, -0.2) is 47.3 Å². The van der Waals surface area contributed by atoms with Crippen molar-refractivity contribution in [2.45, 2.75) is 38.0 Å². The van der Waals surface area contributed by atoms with Gasteiger partial charge in [0.2, 0.25) is 11.8 Å². The predicted molar refractivity (Wildman–Crippen MR) is 66.6 cm³/mol. The molecule has 104 valence electrons. The van der Waals surface area contributed by atoms with Crippen LogP contribution in [0.3, 0.4) is 0 Å². The number of rotatable bonds is 5. The number of likely N-dealkylation sites (tertiary alicyclic amines) is 1. The first kappa shape index (κ1) is 12.6. The molecule has 0 aliphatic carbocycles. The van der Waals surface area contributed by atoms with E-state index in [4.69, 9.17) is 9.26 Å². The van der Waals surface area contributed by atoms with Crippen LogP contribution in [-0.2, 0) is 16.0 Å². The van der Waals surface area contributed by atoms with Crippen molar-refractivity contribution in [3.63, 3.8) is 0 Å². The minimum absolute atomic E-state index is 0.273. The summed E-state index contributed by atoms with van der Waals surface area (Å²) in [4.78, 5) is 17.8. The second-order valence-corrected chi connectivity index (χ2v) is 5.19. The lowest BCUT2D eigenvalue weighted by molar-refractivity contribution is -0.127. The lowest BCUT2D eigenvalue weighted by Crippen LogP contribution is -2.25. The van der Waals surface area contributed by atoms with Crippen LogP contribution in [0.5, 0.6) is 0 Å². The van der Waals surface area contributed by atoms with Gasteiger partial charge < -0.3 is 14.2 Å². The smallest absolute Gasteiger partial charge is 0.226 e. The average Bonchev–Trinajstić information content (AvgIpc) is 3.11. The van der Waals surface area contributed by atoms with E-state index in [1.54, 1.807) is 0 Å². The Bertz CT molecular complexity index is 440. The molecule has 0 spiro atoms. The summed E-state index contributed by atoms with van der Waals surface area (Å²) in [6.45, 7) is 3.17. The molecule has 0 unspecified atom stereocenters. The van der Waals surface area contributed by atoms with Gasteiger partial charge in [-0.15, -0.1) is 0 Å². The van der Waals surface area contributed by atoms with Crippen LogP contribution in [0.2, 0.25) is 0 Å². The van der Waals surface area contributed by atoms with Gasteiger partial charge in [-0.05, 0) is 19.3 Å². The van der Waals surface area contributed by atoms with E-state index in [1.165, 1.54) is 0 Å². The van der Waals surface area contributed by atoms with E-state index in [9.17, 15) is 4.79 Å². The quantitative estimate of drug-likeness (QED) is 0.798. The summed E-state index contributed by atoms with van der Waals surface area (Å²) < 4.78 is 10.6. The molecule has 6 heteroatoms. The first-order valence-electron chi connectivity index (χ1n) is 7.01. The maximum absolute atomic E-state index is 11.5. The summed E-state index contributed by atoms with van der Waals surface area (Å²) in [6.07, 6.45) is 4.29. The van der Waals surface area contributed by atoms with Crippen molar-refractivity contribution in [3.8, 4) is 0 Å². The van der Waals surface area contributed by atoms with E-state index in [-0.39, 0.29) is 11.8 Å². The highest BCUT2D eigenvalue weighted by Crippen LogP contribution is 2.22. The minimum atomic E-state index is 0.273. The number of carbonyl (C=O) groups is 1. The molecule has 19 heavy (non-hydrogen) atoms. The Morgan fingerprint density at radius 2 is 2.37 bits per heavy atom. The van der Waals surface area contributed by atoms with Crippen molar-refractivity contribution in [1.82, 2.24) is 15.0 Å². The molecule has 2 aliphatic heterocycles. The summed E-state index contributed by atoms with van der Waals surface area (Å²) in [5.74, 6) is 2.00. The number of ether oxygens (including phenoxy) is 1. The van der Waals surface area contributed by atoms with Crippen LogP contribution in [0.15, 0.2) is 4.52 Å². The molecule has 3 rings (SSSR count). The monoisotopic (exact) mass is 265 g/mol. The van der Waals surface area contributed by atoms with Gasteiger partial charge in [-0.1, -0.05) is 5.16 Å². The van der Waals surface area contributed by atoms with Crippen molar-refractivity contribution >= 4 is 5.91 Å². The Kier molecular flexibility index (Phi) is 3.77. The third kappa shape index (κ3) is 2.94. The lowest BCUT2D eigenvalue weighted by Gasteiger charge is -2.13. The second kappa shape index (κ2) is 5.69. The van der Waals surface area contributed by atoms with Gasteiger partial charge >= 0.3 is 0 Å². The summed E-state index contributed by atoms with van der Waals surface area (Å²) in [5.41, 5.74) is 0. The van der Waals surface area contributed by atoms with Gasteiger partial charge in [-0.2, -0.15) is 4.98 Å². The van der Waals surface area contributed by atoms with Crippen molar-refractivity contribution in [2.75, 3.05) is 26.3 Å². The molecule has 1 amide bonds. The van der Waals surface area contributed by atoms with Gasteiger partial charge in [0.15, 0.2) is 5.82 Å². The molecule has 1 atom stereocenters. The summed E-state index contributed by atoms with van der Waals surface area (Å²) in [7, 11) is 0. The molecule has 0 bridgehead atoms. The molecule has 1 aromatic rings. The highest BCUT2D eigenvalue weighted by molar-refractivity contribution is 5.77. The van der Waals surface area contributed by atoms with Crippen LogP contribution in [0.1, 0.15) is 43.3 Å². The van der Waals surface area contributed by atoms with Crippen LogP contribution >= 0.6 is 0 Å². The molecule has 0 N–H and O–H groups in total. The summed E-state index contributed by atoms with van der Waals surface area (Å²) >= 11 is 0. The largest absolute Gasteiger partial charge is 0.381 e. The van der Waals surface area contributed by atoms with E-state index in [2.05, 4.69) is 10.1 Å². The van der Waals surface area contributed by atoms with E-state index in [0.717, 1.165) is 51.2 Å². The molecule has 0 aromatic carbocycles. The van der Waals surface area contributed by atoms with Crippen molar-refractivity contribution in [2.24, 2.45) is 0 Å². The fourth-order valence-electron chi connectivity index (χ4n) is 2.64. The van der Waals surface area contributed by atoms with Crippen LogP contribution in [0.4, 0.5) is 0 Å². The van der Waals surface area contributed by atoms with Crippen molar-refractivity contribution in [1.29, 1.82) is 0 Å². The molecular formula is C13H19N3O3. The van der Waals surface area contributed by atoms with E-state index < -0.39 is 0 Å². The molecule has 0 saturated carbocycles. The van der Waals surface area contributed by atoms with Gasteiger partial charge in [0.25, 0.3) is 0 Å². The number of aryl methyl sites for hydroxylation is 1. The SMILES string of the molecule is O=C1CCCN1CCCc1nc([C@@H]2CCOC2)no1. The number of hydrogen-bond acceptors (Lipinski definition) is 5. The zero-order chi connectivity index (χ0) is 13.1. The first-order valence-corrected chi connectivity index (χ1v) is 7.01. The normalized spacial score (nSPS) is 23.5. The van der Waals surface area contributed by atoms with E-state index in [0.29, 0.717) is 18.9 Å². The third-order valence-corrected chi connectivity index (χ3v) is 3.77. The van der Waals surface area contributed by atoms with E-state index in [1.807, 2.05) is 4.90 Å². The summed E-state index contributed by atoms with van der Waals surface area (Å²) in [5, 5.41) is 4.02. The number of hydrogen-bond donors (Lipinski definition) is 0. The van der Waals surface area contributed by atoms with Crippen molar-refractivity contribution < 1.29 is 14.1 Å². The third-order valence-electron chi connectivity index (χ3n) is 3.77. The van der Waals surface area contributed by atoms with Gasteiger partial charge in [0.1, 0.15) is 0 Å². The second-order valence-electron chi connectivity index (χ2n) is 5.19. The number of amides is 1. The molecule has 2 aliphatic rings. The maximum Gasteiger partial charge on any atom is 0.226 e. The van der Waals surface area contributed by atoms with Gasteiger partial charge in [-0.25, -0.2) is 0 Å². The Hall–Kier alpha value is -1.43. The topological polar surface area (TPSA) is 68.5 Å². The Morgan fingerprint density at radius 3 is 3.11 bits per heavy atom. The van der Waals surface area contributed by atoms with Gasteiger partial charge in [-0.3, -0.25) is 4.79 Å². The van der Waals surface area contributed by atoms with Crippen LogP contribution in [0.25, 0.3) is 0 Å². The van der Waals surface area contributed by atoms with E-state index >= 15 is 0 Å². The summed E-state index contributed by atoms with van der Waals surface area (Å²) in [6, 6.07) is 0. The number of nitrogens with zero attached hydrogens (tertiary/aromatic N) is 3. The molecule has 2 saturated heterocycles. The molecule has 3 heterocycles. The highest BCUT2D eigenvalue weighted by Gasteiger charge is 2.23. The minimum Gasteiger partial charge on any atom is -0.381 e. The highest BCUT2D eigenvalue weighted by atomic mass is 16.5.